The Kier molecular flexibility index (Phi) is 4.62. The number of hydrogen-bond acceptors (Lipinski definition) is 6. The maximum Gasteiger partial charge on any atom is 0.410 e. The molecule has 1 saturated carbocycles. The van der Waals surface area contributed by atoms with E-state index in [0.717, 1.165) is 63.4 Å². The number of rotatable bonds is 2. The van der Waals surface area contributed by atoms with Crippen molar-refractivity contribution in [2.24, 2.45) is 7.05 Å². The van der Waals surface area contributed by atoms with Crippen LogP contribution in [0.1, 0.15) is 63.6 Å². The first-order chi connectivity index (χ1) is 16.1. The van der Waals surface area contributed by atoms with Crippen LogP contribution in [0, 0.1) is 6.92 Å². The molecule has 4 heterocycles. The van der Waals surface area contributed by atoms with Gasteiger partial charge in [0.15, 0.2) is 0 Å². The Hall–Kier alpha value is -2.94. The van der Waals surface area contributed by atoms with Crippen molar-refractivity contribution in [3.8, 4) is 10.6 Å². The van der Waals surface area contributed by atoms with Crippen molar-refractivity contribution in [2.45, 2.75) is 70.4 Å². The number of imidazole rings is 1. The highest BCUT2D eigenvalue weighted by atomic mass is 32.1. The summed E-state index contributed by atoms with van der Waals surface area (Å²) >= 11 is 1.62. The molecule has 0 bridgehead atoms. The van der Waals surface area contributed by atoms with Crippen molar-refractivity contribution in [1.29, 1.82) is 0 Å². The summed E-state index contributed by atoms with van der Waals surface area (Å²) in [5.41, 5.74) is 3.82. The SMILES string of the molecule is Cc1cc(-c2nn3cc([C@@H]4CCN(C(=O)OC(C)(C)C)C5(CC5)C4)nc3s2)cc2cn(C)nc12. The third-order valence-electron chi connectivity index (χ3n) is 6.98. The fraction of sp³-hybridized carbons (Fsp3) is 0.520. The first kappa shape index (κ1) is 21.6. The van der Waals surface area contributed by atoms with E-state index in [0.29, 0.717) is 12.5 Å². The fourth-order valence-corrected chi connectivity index (χ4v) is 6.12. The Balaban J connectivity index is 1.23. The van der Waals surface area contributed by atoms with Crippen LogP contribution < -0.4 is 0 Å². The molecule has 178 valence electrons. The lowest BCUT2D eigenvalue weighted by Crippen LogP contribution is -2.49. The number of benzene rings is 1. The second-order valence-corrected chi connectivity index (χ2v) is 11.8. The lowest BCUT2D eigenvalue weighted by atomic mass is 9.87. The summed E-state index contributed by atoms with van der Waals surface area (Å²) in [5.74, 6) is 0.340. The number of fused-ring (bicyclic) bond motifs is 2. The van der Waals surface area contributed by atoms with Crippen LogP contribution in [-0.4, -0.2) is 53.1 Å². The van der Waals surface area contributed by atoms with Crippen LogP contribution in [0.2, 0.25) is 0 Å². The zero-order valence-electron chi connectivity index (χ0n) is 20.3. The molecule has 2 aliphatic rings. The van der Waals surface area contributed by atoms with Crippen LogP contribution in [0.25, 0.3) is 26.4 Å². The molecule has 0 N–H and O–H groups in total. The van der Waals surface area contributed by atoms with Crippen LogP contribution >= 0.6 is 11.3 Å². The molecule has 9 heteroatoms. The number of piperidine rings is 1. The van der Waals surface area contributed by atoms with E-state index < -0.39 is 5.60 Å². The highest BCUT2D eigenvalue weighted by molar-refractivity contribution is 7.19. The lowest BCUT2D eigenvalue weighted by Gasteiger charge is -2.40. The van der Waals surface area contributed by atoms with Gasteiger partial charge < -0.3 is 9.64 Å². The number of hydrogen-bond donors (Lipinski definition) is 0. The van der Waals surface area contributed by atoms with Crippen molar-refractivity contribution >= 4 is 33.3 Å². The molecular weight excluding hydrogens is 448 g/mol. The molecule has 34 heavy (non-hydrogen) atoms. The highest BCUT2D eigenvalue weighted by Crippen LogP contribution is 2.52. The topological polar surface area (TPSA) is 77.5 Å². The standard InChI is InChI=1S/C25H30N6O2S/c1-15-10-17(11-18-13-29(5)27-20(15)18)21-28-31-14-19(26-22(31)34-21)16-6-9-30(25(12-16)7-8-25)23(32)33-24(2,3)4/h10-11,13-14,16H,6-9,12H2,1-5H3/t16-/m1/s1. The van der Waals surface area contributed by atoms with Crippen molar-refractivity contribution in [3.63, 3.8) is 0 Å². The van der Waals surface area contributed by atoms with Gasteiger partial charge in [-0.1, -0.05) is 11.3 Å². The summed E-state index contributed by atoms with van der Waals surface area (Å²) in [4.78, 5) is 20.6. The number of aryl methyl sites for hydroxylation is 2. The van der Waals surface area contributed by atoms with Crippen molar-refractivity contribution in [1.82, 2.24) is 29.3 Å². The van der Waals surface area contributed by atoms with E-state index >= 15 is 0 Å². The van der Waals surface area contributed by atoms with E-state index in [4.69, 9.17) is 14.8 Å². The first-order valence-electron chi connectivity index (χ1n) is 11.9. The largest absolute Gasteiger partial charge is 0.444 e. The molecule has 1 amide bonds. The van der Waals surface area contributed by atoms with Gasteiger partial charge in [-0.2, -0.15) is 10.2 Å². The normalized spacial score (nSPS) is 19.9. The van der Waals surface area contributed by atoms with Crippen LogP contribution in [-0.2, 0) is 11.8 Å². The number of nitrogens with zero attached hydrogens (tertiary/aromatic N) is 6. The predicted octanol–water partition coefficient (Wildman–Crippen LogP) is 5.30. The van der Waals surface area contributed by atoms with Crippen molar-refractivity contribution in [3.05, 3.63) is 35.8 Å². The van der Waals surface area contributed by atoms with Gasteiger partial charge in [0.1, 0.15) is 10.6 Å². The second kappa shape index (κ2) is 7.28. The number of amides is 1. The minimum absolute atomic E-state index is 0.0580. The molecule has 4 aromatic rings. The summed E-state index contributed by atoms with van der Waals surface area (Å²) in [6.07, 6.45) is 7.87. The van der Waals surface area contributed by atoms with Crippen LogP contribution in [0.5, 0.6) is 0 Å². The Morgan fingerprint density at radius 2 is 2.00 bits per heavy atom. The van der Waals surface area contributed by atoms with Gasteiger partial charge in [-0.15, -0.1) is 0 Å². The average Bonchev–Trinajstić information content (AvgIpc) is 3.08. The summed E-state index contributed by atoms with van der Waals surface area (Å²) < 4.78 is 9.44. The van der Waals surface area contributed by atoms with Gasteiger partial charge in [-0.05, 0) is 71.1 Å². The molecule has 1 saturated heterocycles. The smallest absolute Gasteiger partial charge is 0.410 e. The quantitative estimate of drug-likeness (QED) is 0.391. The Morgan fingerprint density at radius 3 is 2.71 bits per heavy atom. The molecule has 1 spiro atoms. The third kappa shape index (κ3) is 3.66. The second-order valence-electron chi connectivity index (χ2n) is 10.9. The van der Waals surface area contributed by atoms with Gasteiger partial charge in [0, 0.05) is 42.2 Å². The van der Waals surface area contributed by atoms with E-state index in [1.54, 1.807) is 11.3 Å². The first-order valence-corrected chi connectivity index (χ1v) is 12.7. The Bertz CT molecular complexity index is 1390. The van der Waals surface area contributed by atoms with Crippen LogP contribution in [0.4, 0.5) is 4.79 Å². The zero-order valence-corrected chi connectivity index (χ0v) is 21.1. The maximum absolute atomic E-state index is 12.8. The monoisotopic (exact) mass is 478 g/mol. The Labute approximate surface area is 202 Å². The van der Waals surface area contributed by atoms with Gasteiger partial charge >= 0.3 is 6.09 Å². The molecular formula is C25H30N6O2S. The van der Waals surface area contributed by atoms with Gasteiger partial charge in [-0.25, -0.2) is 14.3 Å². The number of aromatic nitrogens is 5. The number of ether oxygens (including phenoxy) is 1. The van der Waals surface area contributed by atoms with Crippen molar-refractivity contribution in [2.75, 3.05) is 6.54 Å². The minimum atomic E-state index is -0.471. The van der Waals surface area contributed by atoms with Gasteiger partial charge in [0.2, 0.25) is 4.96 Å². The number of likely N-dealkylation sites (tertiary alicyclic amines) is 1. The molecule has 0 unspecified atom stereocenters. The Morgan fingerprint density at radius 1 is 1.21 bits per heavy atom. The van der Waals surface area contributed by atoms with Crippen molar-refractivity contribution < 1.29 is 9.53 Å². The molecule has 1 aliphatic heterocycles. The average molecular weight is 479 g/mol. The summed E-state index contributed by atoms with van der Waals surface area (Å²) in [7, 11) is 1.95. The molecule has 0 radical (unpaired) electrons. The zero-order chi connectivity index (χ0) is 23.8. The van der Waals surface area contributed by atoms with E-state index in [1.807, 2.05) is 48.1 Å². The molecule has 6 rings (SSSR count). The maximum atomic E-state index is 12.8. The van der Waals surface area contributed by atoms with E-state index in [1.165, 1.54) is 0 Å². The fourth-order valence-electron chi connectivity index (χ4n) is 5.25. The lowest BCUT2D eigenvalue weighted by molar-refractivity contribution is 0.00358. The molecule has 8 nitrogen and oxygen atoms in total. The summed E-state index contributed by atoms with van der Waals surface area (Å²) in [6.45, 7) is 8.58. The van der Waals surface area contributed by atoms with E-state index in [9.17, 15) is 4.79 Å². The minimum Gasteiger partial charge on any atom is -0.444 e. The van der Waals surface area contributed by atoms with Gasteiger partial charge in [0.05, 0.1) is 17.4 Å². The summed E-state index contributed by atoms with van der Waals surface area (Å²) in [5, 5.41) is 11.5. The molecule has 1 aromatic carbocycles. The highest BCUT2D eigenvalue weighted by Gasteiger charge is 2.54. The molecule has 2 fully saturated rings. The number of carbonyl (C=O) groups is 1. The van der Waals surface area contributed by atoms with E-state index in [2.05, 4.69) is 30.4 Å². The summed E-state index contributed by atoms with van der Waals surface area (Å²) in [6, 6.07) is 4.30. The third-order valence-corrected chi connectivity index (χ3v) is 7.95. The molecule has 3 aromatic heterocycles. The van der Waals surface area contributed by atoms with Gasteiger partial charge in [-0.3, -0.25) is 4.68 Å². The molecule has 1 aliphatic carbocycles. The number of carbonyl (C=O) groups excluding carboxylic acids is 1. The predicted molar refractivity (Wildman–Crippen MR) is 132 cm³/mol. The molecule has 1 atom stereocenters. The van der Waals surface area contributed by atoms with Crippen LogP contribution in [0.15, 0.2) is 24.5 Å². The van der Waals surface area contributed by atoms with E-state index in [-0.39, 0.29) is 11.6 Å². The van der Waals surface area contributed by atoms with Gasteiger partial charge in [0.25, 0.3) is 0 Å². The van der Waals surface area contributed by atoms with Crippen LogP contribution in [0.3, 0.4) is 0 Å².